The molecule has 0 bridgehead atoms. The maximum Gasteiger partial charge on any atom is 0.227 e. The smallest absolute Gasteiger partial charge is 0.227 e. The fraction of sp³-hybridized carbons (Fsp3) is 0.378. The number of piperazine rings is 1. The molecule has 1 heterocycles. The summed E-state index contributed by atoms with van der Waals surface area (Å²) in [5, 5.41) is 5.72. The van der Waals surface area contributed by atoms with E-state index in [1.165, 1.54) is 33.0 Å². The maximum absolute atomic E-state index is 13.8. The first-order valence-electron chi connectivity index (χ1n) is 15.6. The van der Waals surface area contributed by atoms with E-state index in [4.69, 9.17) is 11.5 Å². The normalized spacial score (nSPS) is 18.1. The Labute approximate surface area is 257 Å². The summed E-state index contributed by atoms with van der Waals surface area (Å²) >= 11 is 0. The number of fused-ring (bicyclic) bond motifs is 1. The Balaban J connectivity index is 1.31. The van der Waals surface area contributed by atoms with Crippen molar-refractivity contribution >= 4 is 22.4 Å². The van der Waals surface area contributed by atoms with Gasteiger partial charge >= 0.3 is 0 Å². The van der Waals surface area contributed by atoms with Crippen molar-refractivity contribution in [3.8, 4) is 0 Å². The van der Waals surface area contributed by atoms with Crippen LogP contribution < -0.4 is 16.8 Å². The molecule has 43 heavy (non-hydrogen) atoms. The number of hydrogen-bond acceptors (Lipinski definition) is 5. The van der Waals surface area contributed by atoms with Crippen molar-refractivity contribution in [1.82, 2.24) is 9.80 Å². The second-order valence-corrected chi connectivity index (χ2v) is 12.4. The number of amides is 1. The molecule has 1 aliphatic heterocycles. The molecule has 0 aromatic heterocycles. The summed E-state index contributed by atoms with van der Waals surface area (Å²) in [6.45, 7) is 10.1. The average Bonchev–Trinajstić information content (AvgIpc) is 2.99. The van der Waals surface area contributed by atoms with Crippen molar-refractivity contribution in [2.75, 3.05) is 38.0 Å². The molecule has 4 aromatic carbocycles. The number of benzene rings is 4. The molecule has 0 spiro atoms. The molecular weight excluding hydrogens is 530 g/mol. The summed E-state index contributed by atoms with van der Waals surface area (Å²) < 4.78 is 0. The van der Waals surface area contributed by atoms with Gasteiger partial charge in [0.25, 0.3) is 0 Å². The third-order valence-electron chi connectivity index (χ3n) is 8.79. The minimum Gasteiger partial charge on any atom is -0.384 e. The number of nitrogens with zero attached hydrogens (tertiary/aromatic N) is 2. The number of hydrogen-bond donors (Lipinski definition) is 3. The number of nitrogens with one attached hydrogen (secondary N) is 1. The Bertz CT molecular complexity index is 1520. The van der Waals surface area contributed by atoms with Gasteiger partial charge in [-0.2, -0.15) is 0 Å². The summed E-state index contributed by atoms with van der Waals surface area (Å²) in [6, 6.07) is 30.2. The molecule has 1 aliphatic rings. The van der Waals surface area contributed by atoms with E-state index in [0.717, 1.165) is 43.7 Å². The van der Waals surface area contributed by atoms with Crippen molar-refractivity contribution in [2.24, 2.45) is 11.5 Å². The van der Waals surface area contributed by atoms with E-state index >= 15 is 0 Å². The molecule has 4 aromatic rings. The van der Waals surface area contributed by atoms with Gasteiger partial charge in [-0.05, 0) is 78.8 Å². The van der Waals surface area contributed by atoms with Crippen LogP contribution in [0.1, 0.15) is 34.7 Å². The zero-order valence-corrected chi connectivity index (χ0v) is 25.9. The highest BCUT2D eigenvalue weighted by atomic mass is 16.2. The Morgan fingerprint density at radius 1 is 0.930 bits per heavy atom. The molecule has 5 N–H and O–H groups in total. The average molecular weight is 578 g/mol. The van der Waals surface area contributed by atoms with Crippen LogP contribution >= 0.6 is 0 Å². The first-order valence-corrected chi connectivity index (χ1v) is 15.6. The van der Waals surface area contributed by atoms with E-state index in [-0.39, 0.29) is 24.0 Å². The number of carbonyl (C=O) groups is 1. The Hall–Kier alpha value is -3.71. The molecule has 3 atom stereocenters. The highest BCUT2D eigenvalue weighted by Gasteiger charge is 2.34. The summed E-state index contributed by atoms with van der Waals surface area (Å²) in [5.41, 5.74) is 19.8. The molecule has 0 radical (unpaired) electrons. The quantitative estimate of drug-likeness (QED) is 0.231. The van der Waals surface area contributed by atoms with Gasteiger partial charge in [0.2, 0.25) is 5.91 Å². The van der Waals surface area contributed by atoms with E-state index < -0.39 is 0 Å². The summed E-state index contributed by atoms with van der Waals surface area (Å²) in [6.07, 6.45) is 2.12. The monoisotopic (exact) mass is 577 g/mol. The zero-order valence-electron chi connectivity index (χ0n) is 25.9. The van der Waals surface area contributed by atoms with Gasteiger partial charge < -0.3 is 21.7 Å². The Kier molecular flexibility index (Phi) is 10.1. The topological polar surface area (TPSA) is 87.6 Å². The van der Waals surface area contributed by atoms with E-state index in [1.54, 1.807) is 0 Å². The molecule has 1 amide bonds. The summed E-state index contributed by atoms with van der Waals surface area (Å²) in [7, 11) is 0. The lowest BCUT2D eigenvalue weighted by Gasteiger charge is -2.46. The van der Waals surface area contributed by atoms with Gasteiger partial charge in [-0.1, -0.05) is 78.4 Å². The molecule has 0 aliphatic carbocycles. The SMILES string of the molecule is Cc1ccc(C[C@@H](N)CN2C[C@@H](C)N(C(=O)Cc3ccc4ccccc4c3)C[C@@H]2Cc2ccc(NCCN)cc2)c(C)c1. The number of anilines is 1. The maximum atomic E-state index is 13.8. The van der Waals surface area contributed by atoms with Crippen LogP contribution in [0.4, 0.5) is 5.69 Å². The van der Waals surface area contributed by atoms with Crippen molar-refractivity contribution in [1.29, 1.82) is 0 Å². The third kappa shape index (κ3) is 8.02. The van der Waals surface area contributed by atoms with Crippen LogP contribution in [-0.2, 0) is 24.1 Å². The molecule has 226 valence electrons. The summed E-state index contributed by atoms with van der Waals surface area (Å²) in [4.78, 5) is 18.4. The summed E-state index contributed by atoms with van der Waals surface area (Å²) in [5.74, 6) is 0.188. The Morgan fingerprint density at radius 2 is 1.67 bits per heavy atom. The fourth-order valence-electron chi connectivity index (χ4n) is 6.47. The Morgan fingerprint density at radius 3 is 2.42 bits per heavy atom. The molecule has 6 nitrogen and oxygen atoms in total. The lowest BCUT2D eigenvalue weighted by atomic mass is 9.96. The molecule has 1 fully saturated rings. The number of carbonyl (C=O) groups excluding carboxylic acids is 1. The molecule has 0 unspecified atom stereocenters. The van der Waals surface area contributed by atoms with Gasteiger partial charge in [-0.15, -0.1) is 0 Å². The van der Waals surface area contributed by atoms with Crippen molar-refractivity contribution in [2.45, 2.75) is 58.2 Å². The second-order valence-electron chi connectivity index (χ2n) is 12.4. The van der Waals surface area contributed by atoms with Crippen LogP contribution in [0.5, 0.6) is 0 Å². The molecule has 6 heteroatoms. The largest absolute Gasteiger partial charge is 0.384 e. The van der Waals surface area contributed by atoms with Crippen molar-refractivity contribution in [3.63, 3.8) is 0 Å². The first kappa shape index (κ1) is 30.7. The van der Waals surface area contributed by atoms with Gasteiger partial charge in [0.05, 0.1) is 6.42 Å². The zero-order chi connectivity index (χ0) is 30.3. The lowest BCUT2D eigenvalue weighted by molar-refractivity contribution is -0.136. The predicted octanol–water partition coefficient (Wildman–Crippen LogP) is 5.08. The van der Waals surface area contributed by atoms with Crippen LogP contribution in [0.3, 0.4) is 0 Å². The minimum absolute atomic E-state index is 0.0128. The highest BCUT2D eigenvalue weighted by molar-refractivity contribution is 5.85. The third-order valence-corrected chi connectivity index (χ3v) is 8.79. The van der Waals surface area contributed by atoms with Crippen molar-refractivity contribution < 1.29 is 4.79 Å². The van der Waals surface area contributed by atoms with E-state index in [2.05, 4.69) is 109 Å². The van der Waals surface area contributed by atoms with Crippen LogP contribution in [0, 0.1) is 13.8 Å². The predicted molar refractivity (Wildman–Crippen MR) is 179 cm³/mol. The van der Waals surface area contributed by atoms with Gasteiger partial charge in [-0.25, -0.2) is 0 Å². The van der Waals surface area contributed by atoms with Gasteiger partial charge in [0.1, 0.15) is 0 Å². The van der Waals surface area contributed by atoms with Gasteiger partial charge in [0.15, 0.2) is 0 Å². The van der Waals surface area contributed by atoms with E-state index in [0.29, 0.717) is 19.5 Å². The highest BCUT2D eigenvalue weighted by Crippen LogP contribution is 2.23. The standard InChI is InChI=1S/C37H47N5O/c1-26-8-12-32(27(2)18-26)22-34(39)24-41-23-28(3)42(25-36(41)20-29-10-14-35(15-11-29)40-17-16-38)37(43)21-30-9-13-31-6-4-5-7-33(31)19-30/h4-15,18-19,28,34,36,40H,16-17,20-25,38-39H2,1-3H3/t28-,34-,36+/m1/s1. The van der Waals surface area contributed by atoms with Crippen LogP contribution in [0.2, 0.25) is 0 Å². The van der Waals surface area contributed by atoms with Gasteiger partial charge in [-0.3, -0.25) is 9.69 Å². The van der Waals surface area contributed by atoms with Crippen LogP contribution in [0.15, 0.2) is 84.9 Å². The van der Waals surface area contributed by atoms with E-state index in [9.17, 15) is 4.79 Å². The van der Waals surface area contributed by atoms with Crippen molar-refractivity contribution in [3.05, 3.63) is 113 Å². The molecule has 1 saturated heterocycles. The minimum atomic E-state index is 0.0128. The van der Waals surface area contributed by atoms with Crippen LogP contribution in [-0.4, -0.2) is 66.6 Å². The molecular formula is C37H47N5O. The second kappa shape index (κ2) is 14.2. The fourth-order valence-corrected chi connectivity index (χ4v) is 6.47. The number of rotatable bonds is 11. The molecule has 5 rings (SSSR count). The number of nitrogens with two attached hydrogens (primary N) is 2. The van der Waals surface area contributed by atoms with Crippen LogP contribution in [0.25, 0.3) is 10.8 Å². The lowest BCUT2D eigenvalue weighted by Crippen LogP contribution is -2.61. The first-order chi connectivity index (χ1) is 20.8. The van der Waals surface area contributed by atoms with E-state index in [1.807, 2.05) is 12.1 Å². The molecule has 0 saturated carbocycles. The van der Waals surface area contributed by atoms with Gasteiger partial charge in [0, 0.05) is 56.5 Å². The number of aryl methyl sites for hydroxylation is 2.